The number of ether oxygens (including phenoxy) is 1. The molecule has 4 nitrogen and oxygen atoms in total. The van der Waals surface area contributed by atoms with Crippen molar-refractivity contribution >= 4 is 47.4 Å². The van der Waals surface area contributed by atoms with Gasteiger partial charge in [-0.3, -0.25) is 4.99 Å². The standard InChI is InChI=1S/C18H23N3OS.HI/c1-18(2,23-3)13-20-17(19)21-14-8-7-11-16(12-14)22-15-9-5-4-6-10-15;/h4-12H,13H2,1-3H3,(H3,19,20,21);1H. The van der Waals surface area contributed by atoms with E-state index in [4.69, 9.17) is 10.5 Å². The molecule has 0 amide bonds. The lowest BCUT2D eigenvalue weighted by atomic mass is 10.2. The van der Waals surface area contributed by atoms with Gasteiger partial charge in [-0.2, -0.15) is 11.8 Å². The largest absolute Gasteiger partial charge is 0.457 e. The molecular weight excluding hydrogens is 433 g/mol. The first kappa shape index (κ1) is 20.6. The molecule has 0 radical (unpaired) electrons. The Labute approximate surface area is 165 Å². The van der Waals surface area contributed by atoms with Crippen LogP contribution in [0.2, 0.25) is 0 Å². The van der Waals surface area contributed by atoms with Crippen molar-refractivity contribution in [1.29, 1.82) is 0 Å². The van der Waals surface area contributed by atoms with Crippen molar-refractivity contribution in [2.24, 2.45) is 10.7 Å². The molecule has 0 bridgehead atoms. The third-order valence-electron chi connectivity index (χ3n) is 3.27. The average Bonchev–Trinajstić information content (AvgIpc) is 2.54. The summed E-state index contributed by atoms with van der Waals surface area (Å²) in [5.41, 5.74) is 6.81. The Hall–Kier alpha value is -1.41. The molecule has 2 aromatic carbocycles. The molecule has 6 heteroatoms. The van der Waals surface area contributed by atoms with Crippen LogP contribution in [0.5, 0.6) is 11.5 Å². The monoisotopic (exact) mass is 457 g/mol. The molecule has 24 heavy (non-hydrogen) atoms. The highest BCUT2D eigenvalue weighted by Crippen LogP contribution is 2.24. The number of aliphatic imine (C=N–C) groups is 1. The molecule has 0 saturated carbocycles. The summed E-state index contributed by atoms with van der Waals surface area (Å²) in [4.78, 5) is 4.40. The van der Waals surface area contributed by atoms with E-state index in [1.165, 1.54) is 0 Å². The van der Waals surface area contributed by atoms with Crippen LogP contribution in [0.1, 0.15) is 13.8 Å². The number of nitrogens with zero attached hydrogens (tertiary/aromatic N) is 1. The molecule has 0 unspecified atom stereocenters. The molecule has 0 saturated heterocycles. The number of nitrogens with one attached hydrogen (secondary N) is 1. The van der Waals surface area contributed by atoms with Gasteiger partial charge in [-0.15, -0.1) is 24.0 Å². The van der Waals surface area contributed by atoms with Gasteiger partial charge in [-0.1, -0.05) is 24.3 Å². The molecule has 0 aliphatic carbocycles. The normalized spacial score (nSPS) is 11.5. The van der Waals surface area contributed by atoms with Gasteiger partial charge in [0.1, 0.15) is 11.5 Å². The third kappa shape index (κ3) is 7.00. The van der Waals surface area contributed by atoms with Gasteiger partial charge in [0.05, 0.1) is 6.54 Å². The Kier molecular flexibility index (Phi) is 8.41. The number of guanidine groups is 1. The SMILES string of the molecule is CSC(C)(C)CN=C(N)Nc1cccc(Oc2ccccc2)c1.I. The second-order valence-electron chi connectivity index (χ2n) is 5.73. The summed E-state index contributed by atoms with van der Waals surface area (Å²) in [7, 11) is 0. The number of hydrogen-bond donors (Lipinski definition) is 2. The highest BCUT2D eigenvalue weighted by Gasteiger charge is 2.14. The molecular formula is C18H24IN3OS. The van der Waals surface area contributed by atoms with Crippen LogP contribution in [0.3, 0.4) is 0 Å². The highest BCUT2D eigenvalue weighted by molar-refractivity contribution is 14.0. The molecule has 0 aliphatic rings. The molecule has 0 aliphatic heterocycles. The van der Waals surface area contributed by atoms with Crippen LogP contribution in [0, 0.1) is 0 Å². The Balaban J connectivity index is 0.00000288. The quantitative estimate of drug-likeness (QED) is 0.366. The smallest absolute Gasteiger partial charge is 0.193 e. The van der Waals surface area contributed by atoms with Crippen molar-refractivity contribution in [1.82, 2.24) is 0 Å². The van der Waals surface area contributed by atoms with Crippen LogP contribution in [-0.2, 0) is 0 Å². The minimum atomic E-state index is 0. The molecule has 0 heterocycles. The summed E-state index contributed by atoms with van der Waals surface area (Å²) in [5.74, 6) is 1.95. The van der Waals surface area contributed by atoms with Crippen LogP contribution in [0.4, 0.5) is 5.69 Å². The molecule has 3 N–H and O–H groups in total. The van der Waals surface area contributed by atoms with Crippen molar-refractivity contribution in [2.45, 2.75) is 18.6 Å². The first-order chi connectivity index (χ1) is 11.0. The minimum Gasteiger partial charge on any atom is -0.457 e. The summed E-state index contributed by atoms with van der Waals surface area (Å²) >= 11 is 1.77. The van der Waals surface area contributed by atoms with Crippen molar-refractivity contribution in [3.8, 4) is 11.5 Å². The lowest BCUT2D eigenvalue weighted by Gasteiger charge is -2.19. The van der Waals surface area contributed by atoms with Gasteiger partial charge in [0.25, 0.3) is 0 Å². The molecule has 2 aromatic rings. The summed E-state index contributed by atoms with van der Waals surface area (Å²) in [6.07, 6.45) is 2.07. The Morgan fingerprint density at radius 2 is 1.79 bits per heavy atom. The Morgan fingerprint density at radius 1 is 1.12 bits per heavy atom. The second kappa shape index (κ2) is 9.78. The van der Waals surface area contributed by atoms with E-state index in [1.807, 2.05) is 54.6 Å². The Morgan fingerprint density at radius 3 is 2.46 bits per heavy atom. The fraction of sp³-hybridized carbons (Fsp3) is 0.278. The number of rotatable bonds is 6. The van der Waals surface area contributed by atoms with Crippen LogP contribution < -0.4 is 15.8 Å². The van der Waals surface area contributed by atoms with Gasteiger partial charge in [0.2, 0.25) is 0 Å². The van der Waals surface area contributed by atoms with Gasteiger partial charge in [0.15, 0.2) is 5.96 Å². The number of benzene rings is 2. The molecule has 0 atom stereocenters. The van der Waals surface area contributed by atoms with E-state index in [-0.39, 0.29) is 28.7 Å². The van der Waals surface area contributed by atoms with Gasteiger partial charge >= 0.3 is 0 Å². The zero-order valence-electron chi connectivity index (χ0n) is 14.2. The molecule has 0 aromatic heterocycles. The van der Waals surface area contributed by atoms with E-state index in [0.29, 0.717) is 12.5 Å². The lowest BCUT2D eigenvalue weighted by molar-refractivity contribution is 0.483. The zero-order valence-corrected chi connectivity index (χ0v) is 17.3. The average molecular weight is 457 g/mol. The van der Waals surface area contributed by atoms with Gasteiger partial charge < -0.3 is 15.8 Å². The molecule has 130 valence electrons. The number of hydrogen-bond acceptors (Lipinski definition) is 3. The van der Waals surface area contributed by atoms with Gasteiger partial charge in [-0.05, 0) is 44.4 Å². The molecule has 2 rings (SSSR count). The maximum absolute atomic E-state index is 5.96. The topological polar surface area (TPSA) is 59.6 Å². The second-order valence-corrected chi connectivity index (χ2v) is 7.25. The van der Waals surface area contributed by atoms with E-state index >= 15 is 0 Å². The van der Waals surface area contributed by atoms with E-state index in [9.17, 15) is 0 Å². The number of anilines is 1. The van der Waals surface area contributed by atoms with Gasteiger partial charge in [-0.25, -0.2) is 0 Å². The van der Waals surface area contributed by atoms with E-state index in [1.54, 1.807) is 11.8 Å². The first-order valence-corrected chi connectivity index (χ1v) is 8.66. The third-order valence-corrected chi connectivity index (χ3v) is 4.50. The fourth-order valence-electron chi connectivity index (χ4n) is 1.79. The number of nitrogens with two attached hydrogens (primary N) is 1. The predicted molar refractivity (Wildman–Crippen MR) is 116 cm³/mol. The number of halogens is 1. The van der Waals surface area contributed by atoms with Crippen molar-refractivity contribution in [2.75, 3.05) is 18.1 Å². The highest BCUT2D eigenvalue weighted by atomic mass is 127. The maximum atomic E-state index is 5.96. The van der Waals surface area contributed by atoms with Gasteiger partial charge in [0, 0.05) is 16.5 Å². The van der Waals surface area contributed by atoms with E-state index in [2.05, 4.69) is 30.4 Å². The van der Waals surface area contributed by atoms with Crippen molar-refractivity contribution < 1.29 is 4.74 Å². The number of thioether (sulfide) groups is 1. The van der Waals surface area contributed by atoms with E-state index < -0.39 is 0 Å². The van der Waals surface area contributed by atoms with Crippen molar-refractivity contribution in [3.05, 3.63) is 54.6 Å². The predicted octanol–water partition coefficient (Wildman–Crippen LogP) is 4.97. The summed E-state index contributed by atoms with van der Waals surface area (Å²) in [6, 6.07) is 17.3. The summed E-state index contributed by atoms with van der Waals surface area (Å²) in [5, 5.41) is 3.10. The molecule has 0 spiro atoms. The fourth-order valence-corrected chi connectivity index (χ4v) is 1.98. The maximum Gasteiger partial charge on any atom is 0.193 e. The summed E-state index contributed by atoms with van der Waals surface area (Å²) in [6.45, 7) is 4.94. The first-order valence-electron chi connectivity index (χ1n) is 7.43. The van der Waals surface area contributed by atoms with Crippen LogP contribution in [0.25, 0.3) is 0 Å². The van der Waals surface area contributed by atoms with Crippen LogP contribution in [-0.4, -0.2) is 23.5 Å². The summed E-state index contributed by atoms with van der Waals surface area (Å²) < 4.78 is 5.88. The lowest BCUT2D eigenvalue weighted by Crippen LogP contribution is -2.27. The number of para-hydroxylation sites is 1. The van der Waals surface area contributed by atoms with Crippen LogP contribution >= 0.6 is 35.7 Å². The van der Waals surface area contributed by atoms with E-state index in [0.717, 1.165) is 17.2 Å². The minimum absolute atomic E-state index is 0. The molecule has 0 fully saturated rings. The van der Waals surface area contributed by atoms with Crippen molar-refractivity contribution in [3.63, 3.8) is 0 Å². The Bertz CT molecular complexity index is 662. The van der Waals surface area contributed by atoms with Crippen LogP contribution in [0.15, 0.2) is 59.6 Å². The zero-order chi connectivity index (χ0) is 16.7.